The Labute approximate surface area is 97.9 Å². The molecule has 0 heterocycles. The SMILES string of the molecule is COc1ccc(C=CCOC(C)(C)C)cc1. The lowest BCUT2D eigenvalue weighted by molar-refractivity contribution is 0.0152. The van der Waals surface area contributed by atoms with Gasteiger partial charge in [-0.25, -0.2) is 0 Å². The van der Waals surface area contributed by atoms with Gasteiger partial charge in [-0.1, -0.05) is 24.3 Å². The Kier molecular flexibility index (Phi) is 4.56. The highest BCUT2D eigenvalue weighted by Gasteiger charge is 2.07. The Morgan fingerprint density at radius 3 is 2.25 bits per heavy atom. The lowest BCUT2D eigenvalue weighted by atomic mass is 10.2. The first kappa shape index (κ1) is 12.8. The number of hydrogen-bond donors (Lipinski definition) is 0. The van der Waals surface area contributed by atoms with Crippen molar-refractivity contribution >= 4 is 6.08 Å². The molecule has 0 aromatic heterocycles. The van der Waals surface area contributed by atoms with Crippen LogP contribution in [0.15, 0.2) is 30.3 Å². The molecule has 0 saturated carbocycles. The summed E-state index contributed by atoms with van der Waals surface area (Å²) in [7, 11) is 1.67. The van der Waals surface area contributed by atoms with Crippen LogP contribution in [-0.2, 0) is 4.74 Å². The van der Waals surface area contributed by atoms with E-state index < -0.39 is 0 Å². The highest BCUT2D eigenvalue weighted by molar-refractivity contribution is 5.50. The van der Waals surface area contributed by atoms with E-state index in [1.165, 1.54) is 0 Å². The molecule has 1 aromatic carbocycles. The fraction of sp³-hybridized carbons (Fsp3) is 0.429. The zero-order chi connectivity index (χ0) is 12.0. The Morgan fingerprint density at radius 2 is 1.75 bits per heavy atom. The van der Waals surface area contributed by atoms with E-state index in [2.05, 4.69) is 0 Å². The second-order valence-corrected chi connectivity index (χ2v) is 4.60. The van der Waals surface area contributed by atoms with Crippen LogP contribution in [0.2, 0.25) is 0 Å². The summed E-state index contributed by atoms with van der Waals surface area (Å²) in [6, 6.07) is 7.94. The fourth-order valence-electron chi connectivity index (χ4n) is 1.20. The van der Waals surface area contributed by atoms with Crippen LogP contribution in [0.1, 0.15) is 26.3 Å². The first-order chi connectivity index (χ1) is 7.51. The predicted octanol–water partition coefficient (Wildman–Crippen LogP) is 3.52. The van der Waals surface area contributed by atoms with Crippen LogP contribution < -0.4 is 4.74 Å². The van der Waals surface area contributed by atoms with Gasteiger partial charge in [0, 0.05) is 0 Å². The molecule has 0 radical (unpaired) electrons. The lowest BCUT2D eigenvalue weighted by Crippen LogP contribution is -2.18. The van der Waals surface area contributed by atoms with Crippen LogP contribution in [0.5, 0.6) is 5.75 Å². The molecule has 16 heavy (non-hydrogen) atoms. The minimum Gasteiger partial charge on any atom is -0.497 e. The molecule has 0 saturated heterocycles. The molecule has 0 amide bonds. The molecule has 0 bridgehead atoms. The summed E-state index contributed by atoms with van der Waals surface area (Å²) >= 11 is 0. The van der Waals surface area contributed by atoms with E-state index >= 15 is 0 Å². The van der Waals surface area contributed by atoms with Gasteiger partial charge >= 0.3 is 0 Å². The number of ether oxygens (including phenoxy) is 2. The van der Waals surface area contributed by atoms with Gasteiger partial charge in [-0.3, -0.25) is 0 Å². The Bertz CT molecular complexity index is 331. The maximum Gasteiger partial charge on any atom is 0.118 e. The van der Waals surface area contributed by atoms with Gasteiger partial charge in [0.15, 0.2) is 0 Å². The minimum atomic E-state index is -0.0791. The van der Waals surface area contributed by atoms with E-state index in [0.717, 1.165) is 11.3 Å². The predicted molar refractivity (Wildman–Crippen MR) is 67.7 cm³/mol. The fourth-order valence-corrected chi connectivity index (χ4v) is 1.20. The third-order valence-corrected chi connectivity index (χ3v) is 2.04. The molecule has 0 N–H and O–H groups in total. The van der Waals surface area contributed by atoms with Crippen LogP contribution in [-0.4, -0.2) is 19.3 Å². The molecule has 0 spiro atoms. The standard InChI is InChI=1S/C14H20O2/c1-14(2,3)16-11-5-6-12-7-9-13(15-4)10-8-12/h5-10H,11H2,1-4H3. The van der Waals surface area contributed by atoms with E-state index in [4.69, 9.17) is 9.47 Å². The van der Waals surface area contributed by atoms with Crippen LogP contribution >= 0.6 is 0 Å². The van der Waals surface area contributed by atoms with Crippen LogP contribution in [0.4, 0.5) is 0 Å². The normalized spacial score (nSPS) is 12.0. The monoisotopic (exact) mass is 220 g/mol. The van der Waals surface area contributed by atoms with Crippen molar-refractivity contribution in [3.8, 4) is 5.75 Å². The van der Waals surface area contributed by atoms with Gasteiger partial charge in [0.25, 0.3) is 0 Å². The topological polar surface area (TPSA) is 18.5 Å². The summed E-state index contributed by atoms with van der Waals surface area (Å²) in [6.07, 6.45) is 4.07. The summed E-state index contributed by atoms with van der Waals surface area (Å²) in [5.41, 5.74) is 1.07. The second-order valence-electron chi connectivity index (χ2n) is 4.60. The van der Waals surface area contributed by atoms with E-state index in [9.17, 15) is 0 Å². The van der Waals surface area contributed by atoms with Gasteiger partial charge in [0.05, 0.1) is 19.3 Å². The Balaban J connectivity index is 2.44. The van der Waals surface area contributed by atoms with Crippen molar-refractivity contribution in [2.24, 2.45) is 0 Å². The van der Waals surface area contributed by atoms with Gasteiger partial charge in [0.2, 0.25) is 0 Å². The third kappa shape index (κ3) is 4.99. The first-order valence-corrected chi connectivity index (χ1v) is 5.46. The molecule has 88 valence electrons. The zero-order valence-corrected chi connectivity index (χ0v) is 10.5. The molecule has 1 rings (SSSR count). The average molecular weight is 220 g/mol. The molecule has 2 nitrogen and oxygen atoms in total. The average Bonchev–Trinajstić information content (AvgIpc) is 2.24. The number of methoxy groups -OCH3 is 1. The van der Waals surface area contributed by atoms with Crippen molar-refractivity contribution in [3.63, 3.8) is 0 Å². The minimum absolute atomic E-state index is 0.0791. The number of hydrogen-bond acceptors (Lipinski definition) is 2. The van der Waals surface area contributed by atoms with Gasteiger partial charge in [-0.15, -0.1) is 0 Å². The van der Waals surface area contributed by atoms with E-state index in [1.807, 2.05) is 57.2 Å². The highest BCUT2D eigenvalue weighted by atomic mass is 16.5. The molecular formula is C14H20O2. The first-order valence-electron chi connectivity index (χ1n) is 5.46. The molecular weight excluding hydrogens is 200 g/mol. The molecule has 0 aliphatic rings. The quantitative estimate of drug-likeness (QED) is 0.773. The van der Waals surface area contributed by atoms with Crippen molar-refractivity contribution < 1.29 is 9.47 Å². The summed E-state index contributed by atoms with van der Waals surface area (Å²) in [5, 5.41) is 0. The van der Waals surface area contributed by atoms with E-state index in [0.29, 0.717) is 6.61 Å². The van der Waals surface area contributed by atoms with E-state index in [1.54, 1.807) is 7.11 Å². The van der Waals surface area contributed by atoms with Crippen molar-refractivity contribution in [2.45, 2.75) is 26.4 Å². The van der Waals surface area contributed by atoms with E-state index in [-0.39, 0.29) is 5.60 Å². The molecule has 0 unspecified atom stereocenters. The summed E-state index contributed by atoms with van der Waals surface area (Å²) in [6.45, 7) is 6.78. The highest BCUT2D eigenvalue weighted by Crippen LogP contribution is 2.12. The zero-order valence-electron chi connectivity index (χ0n) is 10.5. The molecule has 1 aromatic rings. The lowest BCUT2D eigenvalue weighted by Gasteiger charge is -2.17. The van der Waals surface area contributed by atoms with Crippen LogP contribution in [0.3, 0.4) is 0 Å². The van der Waals surface area contributed by atoms with Gasteiger partial charge in [-0.05, 0) is 38.5 Å². The third-order valence-electron chi connectivity index (χ3n) is 2.04. The van der Waals surface area contributed by atoms with Gasteiger partial charge in [-0.2, -0.15) is 0 Å². The van der Waals surface area contributed by atoms with Crippen LogP contribution in [0.25, 0.3) is 6.08 Å². The Hall–Kier alpha value is -1.28. The van der Waals surface area contributed by atoms with Gasteiger partial charge < -0.3 is 9.47 Å². The van der Waals surface area contributed by atoms with Crippen LogP contribution in [0, 0.1) is 0 Å². The Morgan fingerprint density at radius 1 is 1.12 bits per heavy atom. The molecule has 0 aliphatic heterocycles. The summed E-state index contributed by atoms with van der Waals surface area (Å²) in [4.78, 5) is 0. The van der Waals surface area contributed by atoms with Crippen molar-refractivity contribution in [1.82, 2.24) is 0 Å². The molecule has 0 fully saturated rings. The number of rotatable bonds is 4. The van der Waals surface area contributed by atoms with Crippen molar-refractivity contribution in [1.29, 1.82) is 0 Å². The second kappa shape index (κ2) is 5.71. The number of benzene rings is 1. The summed E-state index contributed by atoms with van der Waals surface area (Å²) < 4.78 is 10.7. The largest absolute Gasteiger partial charge is 0.497 e. The van der Waals surface area contributed by atoms with Crippen molar-refractivity contribution in [2.75, 3.05) is 13.7 Å². The maximum atomic E-state index is 5.58. The smallest absolute Gasteiger partial charge is 0.118 e. The van der Waals surface area contributed by atoms with Crippen molar-refractivity contribution in [3.05, 3.63) is 35.9 Å². The molecule has 0 aliphatic carbocycles. The molecule has 0 atom stereocenters. The van der Waals surface area contributed by atoms with Gasteiger partial charge in [0.1, 0.15) is 5.75 Å². The summed E-state index contributed by atoms with van der Waals surface area (Å²) in [5.74, 6) is 0.878. The molecule has 2 heteroatoms. The maximum absolute atomic E-state index is 5.58.